The number of halogens is 1. The minimum Gasteiger partial charge on any atom is -0.320 e. The lowest BCUT2D eigenvalue weighted by molar-refractivity contribution is 0.204. The number of rotatable bonds is 3. The van der Waals surface area contributed by atoms with Crippen LogP contribution in [0, 0.1) is 6.92 Å². The van der Waals surface area contributed by atoms with Crippen LogP contribution in [-0.2, 0) is 13.5 Å². The molecule has 0 saturated heterocycles. The number of aromatic nitrogens is 2. The van der Waals surface area contributed by atoms with E-state index in [1.807, 2.05) is 51.4 Å². The summed E-state index contributed by atoms with van der Waals surface area (Å²) >= 11 is 3.47. The molecule has 1 aliphatic rings. The maximum atomic E-state index is 13.1. The third-order valence-electron chi connectivity index (χ3n) is 5.47. The Balaban J connectivity index is 1.61. The van der Waals surface area contributed by atoms with Crippen molar-refractivity contribution < 1.29 is 4.79 Å². The van der Waals surface area contributed by atoms with Gasteiger partial charge in [0.05, 0.1) is 11.7 Å². The van der Waals surface area contributed by atoms with Crippen molar-refractivity contribution in [3.8, 4) is 11.1 Å². The number of hydrogen-bond donors (Lipinski definition) is 1. The van der Waals surface area contributed by atoms with Crippen LogP contribution < -0.4 is 5.32 Å². The van der Waals surface area contributed by atoms with Crippen molar-refractivity contribution in [1.82, 2.24) is 14.7 Å². The first-order valence-corrected chi connectivity index (χ1v) is 10.2. The highest BCUT2D eigenvalue weighted by Gasteiger charge is 2.29. The summed E-state index contributed by atoms with van der Waals surface area (Å²) in [5.41, 5.74) is 5.43. The second-order valence-electron chi connectivity index (χ2n) is 7.23. The van der Waals surface area contributed by atoms with Gasteiger partial charge in [-0.1, -0.05) is 52.3 Å². The molecule has 1 N–H and O–H groups in total. The molecule has 2 amide bonds. The molecule has 0 bridgehead atoms. The number of amides is 2. The van der Waals surface area contributed by atoms with E-state index in [0.717, 1.165) is 34.1 Å². The second kappa shape index (κ2) is 7.43. The van der Waals surface area contributed by atoms with Gasteiger partial charge in [0, 0.05) is 24.1 Å². The van der Waals surface area contributed by atoms with Gasteiger partial charge in [0.2, 0.25) is 0 Å². The molecule has 2 aromatic carbocycles. The van der Waals surface area contributed by atoms with Crippen LogP contribution >= 0.6 is 15.9 Å². The molecule has 1 aliphatic carbocycles. The van der Waals surface area contributed by atoms with Gasteiger partial charge in [-0.05, 0) is 48.6 Å². The Morgan fingerprint density at radius 2 is 1.93 bits per heavy atom. The van der Waals surface area contributed by atoms with Crippen LogP contribution in [0.1, 0.15) is 29.3 Å². The molecular formula is C22H23BrN4O. The van der Waals surface area contributed by atoms with E-state index < -0.39 is 0 Å². The summed E-state index contributed by atoms with van der Waals surface area (Å²) in [6, 6.07) is 16.4. The van der Waals surface area contributed by atoms with Gasteiger partial charge >= 0.3 is 6.03 Å². The fourth-order valence-corrected chi connectivity index (χ4v) is 4.30. The molecule has 1 unspecified atom stereocenters. The number of hydrogen-bond acceptors (Lipinski definition) is 2. The predicted molar refractivity (Wildman–Crippen MR) is 115 cm³/mol. The Morgan fingerprint density at radius 3 is 2.68 bits per heavy atom. The largest absolute Gasteiger partial charge is 0.323 e. The number of fused-ring (bicyclic) bond motifs is 1. The molecule has 0 spiro atoms. The molecule has 6 heteroatoms. The lowest BCUT2D eigenvalue weighted by atomic mass is 10.1. The topological polar surface area (TPSA) is 50.2 Å². The summed E-state index contributed by atoms with van der Waals surface area (Å²) < 4.78 is 2.75. The van der Waals surface area contributed by atoms with E-state index in [-0.39, 0.29) is 12.1 Å². The molecule has 1 atom stereocenters. The Labute approximate surface area is 173 Å². The van der Waals surface area contributed by atoms with Crippen molar-refractivity contribution in [2.24, 2.45) is 7.05 Å². The first-order chi connectivity index (χ1) is 13.5. The van der Waals surface area contributed by atoms with Crippen LogP contribution in [0.5, 0.6) is 0 Å². The number of benzene rings is 2. The third-order valence-corrected chi connectivity index (χ3v) is 6.00. The Kier molecular flexibility index (Phi) is 4.98. The Bertz CT molecular complexity index is 1030. The molecule has 5 nitrogen and oxygen atoms in total. The summed E-state index contributed by atoms with van der Waals surface area (Å²) in [5, 5.41) is 7.62. The van der Waals surface area contributed by atoms with Crippen molar-refractivity contribution in [2.75, 3.05) is 12.4 Å². The van der Waals surface area contributed by atoms with Gasteiger partial charge < -0.3 is 4.90 Å². The molecule has 4 rings (SSSR count). The molecular weight excluding hydrogens is 416 g/mol. The number of urea groups is 1. The SMILES string of the molecule is Cc1nn(C)c(NC(=O)N(C)C2CCc3ccccc32)c1-c1ccc(Br)cc1. The normalized spacial score (nSPS) is 15.4. The van der Waals surface area contributed by atoms with E-state index in [9.17, 15) is 4.79 Å². The van der Waals surface area contributed by atoms with Crippen LogP contribution in [0.15, 0.2) is 53.0 Å². The minimum absolute atomic E-state index is 0.0988. The first kappa shape index (κ1) is 18.7. The van der Waals surface area contributed by atoms with E-state index in [2.05, 4.69) is 44.5 Å². The molecule has 1 aromatic heterocycles. The molecule has 0 fully saturated rings. The van der Waals surface area contributed by atoms with Crippen LogP contribution in [0.4, 0.5) is 10.6 Å². The lowest BCUT2D eigenvalue weighted by Crippen LogP contribution is -2.34. The maximum absolute atomic E-state index is 13.1. The van der Waals surface area contributed by atoms with Crippen LogP contribution in [0.2, 0.25) is 0 Å². The quantitative estimate of drug-likeness (QED) is 0.602. The van der Waals surface area contributed by atoms with Crippen molar-refractivity contribution in [3.05, 3.63) is 69.8 Å². The van der Waals surface area contributed by atoms with Crippen LogP contribution in [0.3, 0.4) is 0 Å². The highest BCUT2D eigenvalue weighted by molar-refractivity contribution is 9.10. The summed E-state index contributed by atoms with van der Waals surface area (Å²) in [4.78, 5) is 14.9. The summed E-state index contributed by atoms with van der Waals surface area (Å²) in [6.45, 7) is 1.96. The van der Waals surface area contributed by atoms with Crippen molar-refractivity contribution in [1.29, 1.82) is 0 Å². The third kappa shape index (κ3) is 3.33. The van der Waals surface area contributed by atoms with Gasteiger partial charge in [0.15, 0.2) is 0 Å². The standard InChI is InChI=1S/C22H23BrN4O/c1-14-20(16-8-11-17(23)12-9-16)21(27(3)25-14)24-22(28)26(2)19-13-10-15-6-4-5-7-18(15)19/h4-9,11-12,19H,10,13H2,1-3H3,(H,24,28). The van der Waals surface area contributed by atoms with E-state index in [0.29, 0.717) is 5.82 Å². The Morgan fingerprint density at radius 1 is 1.21 bits per heavy atom. The molecule has 3 aromatic rings. The smallest absolute Gasteiger partial charge is 0.320 e. The van der Waals surface area contributed by atoms with Gasteiger partial charge in [-0.3, -0.25) is 10.00 Å². The van der Waals surface area contributed by atoms with E-state index in [1.165, 1.54) is 11.1 Å². The van der Waals surface area contributed by atoms with Crippen LogP contribution in [0.25, 0.3) is 11.1 Å². The highest BCUT2D eigenvalue weighted by atomic mass is 79.9. The predicted octanol–water partition coefficient (Wildman–Crippen LogP) is 5.31. The van der Waals surface area contributed by atoms with Gasteiger partial charge in [-0.25, -0.2) is 4.79 Å². The number of carbonyl (C=O) groups excluding carboxylic acids is 1. The number of carbonyl (C=O) groups is 1. The molecule has 0 aliphatic heterocycles. The zero-order chi connectivity index (χ0) is 19.8. The van der Waals surface area contributed by atoms with E-state index in [4.69, 9.17) is 0 Å². The molecule has 0 saturated carbocycles. The average Bonchev–Trinajstić information content (AvgIpc) is 3.23. The van der Waals surface area contributed by atoms with Crippen molar-refractivity contribution in [2.45, 2.75) is 25.8 Å². The van der Waals surface area contributed by atoms with Crippen molar-refractivity contribution >= 4 is 27.8 Å². The first-order valence-electron chi connectivity index (χ1n) is 9.37. The van der Waals surface area contributed by atoms with Gasteiger partial charge in [-0.2, -0.15) is 5.10 Å². The number of anilines is 1. The van der Waals surface area contributed by atoms with E-state index in [1.54, 1.807) is 9.58 Å². The Hall–Kier alpha value is -2.60. The summed E-state index contributed by atoms with van der Waals surface area (Å²) in [5.74, 6) is 0.711. The molecule has 28 heavy (non-hydrogen) atoms. The zero-order valence-corrected chi connectivity index (χ0v) is 17.8. The lowest BCUT2D eigenvalue weighted by Gasteiger charge is -2.26. The maximum Gasteiger partial charge on any atom is 0.323 e. The second-order valence-corrected chi connectivity index (χ2v) is 8.15. The summed E-state index contributed by atoms with van der Waals surface area (Å²) in [7, 11) is 3.72. The molecule has 1 heterocycles. The highest BCUT2D eigenvalue weighted by Crippen LogP contribution is 2.36. The zero-order valence-electron chi connectivity index (χ0n) is 16.2. The minimum atomic E-state index is -0.122. The van der Waals surface area contributed by atoms with Gasteiger partial charge in [-0.15, -0.1) is 0 Å². The van der Waals surface area contributed by atoms with Gasteiger partial charge in [0.1, 0.15) is 5.82 Å². The van der Waals surface area contributed by atoms with Crippen molar-refractivity contribution in [3.63, 3.8) is 0 Å². The summed E-state index contributed by atoms with van der Waals surface area (Å²) in [6.07, 6.45) is 1.96. The number of nitrogens with zero attached hydrogens (tertiary/aromatic N) is 3. The van der Waals surface area contributed by atoms with Gasteiger partial charge in [0.25, 0.3) is 0 Å². The molecule has 144 valence electrons. The molecule has 0 radical (unpaired) electrons. The fourth-order valence-electron chi connectivity index (χ4n) is 4.03. The fraction of sp³-hybridized carbons (Fsp3) is 0.273. The number of aryl methyl sites for hydroxylation is 3. The van der Waals surface area contributed by atoms with E-state index >= 15 is 0 Å². The monoisotopic (exact) mass is 438 g/mol. The average molecular weight is 439 g/mol. The number of nitrogens with one attached hydrogen (secondary N) is 1. The van der Waals surface area contributed by atoms with Crippen LogP contribution in [-0.4, -0.2) is 27.8 Å².